The lowest BCUT2D eigenvalue weighted by molar-refractivity contribution is 0.0844. The lowest BCUT2D eigenvalue weighted by Crippen LogP contribution is -2.34. The number of benzene rings is 2. The van der Waals surface area contributed by atoms with E-state index in [2.05, 4.69) is 15.3 Å². The van der Waals surface area contributed by atoms with E-state index >= 15 is 0 Å². The highest BCUT2D eigenvalue weighted by atomic mass is 127. The summed E-state index contributed by atoms with van der Waals surface area (Å²) in [5, 5.41) is 2.68. The van der Waals surface area contributed by atoms with E-state index in [1.54, 1.807) is 18.3 Å². The summed E-state index contributed by atoms with van der Waals surface area (Å²) in [4.78, 5) is 21.7. The Balaban J connectivity index is 1.56. The summed E-state index contributed by atoms with van der Waals surface area (Å²) in [6.07, 6.45) is 3.31. The number of amides is 1. The molecule has 178 valence electrons. The number of nitrogen functional groups attached to an aromatic ring is 1. The van der Waals surface area contributed by atoms with E-state index in [-0.39, 0.29) is 23.8 Å². The molecule has 1 saturated heterocycles. The smallest absolute Gasteiger partial charge is 0.254 e. The Labute approximate surface area is 209 Å². The van der Waals surface area contributed by atoms with Crippen molar-refractivity contribution in [1.82, 2.24) is 15.3 Å². The summed E-state index contributed by atoms with van der Waals surface area (Å²) < 4.78 is 34.9. The summed E-state index contributed by atoms with van der Waals surface area (Å²) in [6, 6.07) is 7.86. The standard InChI is InChI=1S/C24H24F2IN5O2/c25-16-7-15(8-17(27)10-16)20(11-28)32-24(33)18-2-1-14(9-19(18)26)22-23(29)30-12-21(31-22)13-3-5-34-6-4-13/h1-2,7-10,12-13,20H,3-6,11,28H2,(H2,29,30)(H,32,33)/t20-/m1/s1. The third-order valence-electron chi connectivity index (χ3n) is 5.77. The third kappa shape index (κ3) is 5.50. The Morgan fingerprint density at radius 3 is 2.65 bits per heavy atom. The fourth-order valence-electron chi connectivity index (χ4n) is 3.95. The van der Waals surface area contributed by atoms with Crippen molar-refractivity contribution < 1.29 is 18.3 Å². The van der Waals surface area contributed by atoms with Gasteiger partial charge in [0, 0.05) is 34.8 Å². The van der Waals surface area contributed by atoms with Crippen LogP contribution in [-0.4, -0.2) is 35.6 Å². The number of rotatable bonds is 6. The van der Waals surface area contributed by atoms with Gasteiger partial charge < -0.3 is 21.5 Å². The molecule has 2 heterocycles. The van der Waals surface area contributed by atoms with Crippen molar-refractivity contribution in [2.24, 2.45) is 5.73 Å². The molecule has 4 rings (SSSR count). The van der Waals surface area contributed by atoms with Crippen LogP contribution < -0.4 is 16.8 Å². The van der Waals surface area contributed by atoms with Crippen LogP contribution in [0.4, 0.5) is 14.6 Å². The second-order valence-electron chi connectivity index (χ2n) is 8.07. The van der Waals surface area contributed by atoms with E-state index in [0.717, 1.165) is 18.5 Å². The maximum atomic E-state index is 15.0. The lowest BCUT2D eigenvalue weighted by Gasteiger charge is -2.22. The third-order valence-corrected chi connectivity index (χ3v) is 6.40. The summed E-state index contributed by atoms with van der Waals surface area (Å²) in [5.41, 5.74) is 13.7. The Morgan fingerprint density at radius 1 is 1.21 bits per heavy atom. The number of hydrogen-bond acceptors (Lipinski definition) is 6. The fourth-order valence-corrected chi connectivity index (χ4v) is 4.61. The number of carbonyl (C=O) groups excluding carboxylic acids is 1. The van der Waals surface area contributed by atoms with Crippen LogP contribution in [0.2, 0.25) is 0 Å². The van der Waals surface area contributed by atoms with Crippen molar-refractivity contribution >= 4 is 34.3 Å². The van der Waals surface area contributed by atoms with Crippen molar-refractivity contribution in [3.05, 3.63) is 74.6 Å². The first-order chi connectivity index (χ1) is 16.4. The van der Waals surface area contributed by atoms with E-state index in [4.69, 9.17) is 16.2 Å². The molecule has 1 fully saturated rings. The molecule has 34 heavy (non-hydrogen) atoms. The van der Waals surface area contributed by atoms with Crippen molar-refractivity contribution in [3.63, 3.8) is 0 Å². The van der Waals surface area contributed by atoms with Crippen LogP contribution in [0.1, 0.15) is 46.4 Å². The van der Waals surface area contributed by atoms with E-state index in [9.17, 15) is 13.6 Å². The van der Waals surface area contributed by atoms with E-state index < -0.39 is 23.6 Å². The first kappa shape index (κ1) is 24.4. The first-order valence-electron chi connectivity index (χ1n) is 10.8. The maximum absolute atomic E-state index is 15.0. The van der Waals surface area contributed by atoms with E-state index in [1.807, 2.05) is 22.6 Å². The Bertz CT molecular complexity index is 1180. The molecule has 0 unspecified atom stereocenters. The summed E-state index contributed by atoms with van der Waals surface area (Å²) >= 11 is 1.98. The highest BCUT2D eigenvalue weighted by Gasteiger charge is 2.22. The quantitative estimate of drug-likeness (QED) is 0.382. The molecule has 1 aromatic heterocycles. The molecular weight excluding hydrogens is 555 g/mol. The molecule has 0 bridgehead atoms. The second-order valence-corrected chi connectivity index (χ2v) is 9.32. The van der Waals surface area contributed by atoms with Crippen molar-refractivity contribution in [2.75, 3.05) is 25.5 Å². The minimum atomic E-state index is -0.739. The zero-order chi connectivity index (χ0) is 24.2. The van der Waals surface area contributed by atoms with Crippen molar-refractivity contribution in [1.29, 1.82) is 0 Å². The van der Waals surface area contributed by atoms with Crippen molar-refractivity contribution in [2.45, 2.75) is 24.8 Å². The lowest BCUT2D eigenvalue weighted by atomic mass is 9.96. The Hall–Kier alpha value is -2.70. The van der Waals surface area contributed by atoms with E-state index in [0.29, 0.717) is 33.6 Å². The molecule has 1 amide bonds. The number of nitrogens with one attached hydrogen (secondary N) is 1. The molecule has 1 atom stereocenters. The maximum Gasteiger partial charge on any atom is 0.254 e. The number of ether oxygens (including phenoxy) is 1. The first-order valence-corrected chi connectivity index (χ1v) is 11.9. The predicted octanol–water partition coefficient (Wildman–Crippen LogP) is 3.93. The van der Waals surface area contributed by atoms with Crippen LogP contribution in [0.5, 0.6) is 0 Å². The van der Waals surface area contributed by atoms with Crippen LogP contribution in [0.25, 0.3) is 11.3 Å². The van der Waals surface area contributed by atoms with Crippen LogP contribution in [-0.2, 0) is 4.74 Å². The number of aromatic nitrogens is 2. The second kappa shape index (κ2) is 10.7. The van der Waals surface area contributed by atoms with Gasteiger partial charge in [0.25, 0.3) is 5.91 Å². The summed E-state index contributed by atoms with van der Waals surface area (Å²) in [5.74, 6) is -1.45. The molecule has 10 heteroatoms. The average molecular weight is 579 g/mol. The number of halogens is 3. The number of hydrogen-bond donors (Lipinski definition) is 3. The highest BCUT2D eigenvalue weighted by molar-refractivity contribution is 14.1. The normalized spacial score (nSPS) is 15.2. The van der Waals surface area contributed by atoms with Crippen LogP contribution in [0, 0.1) is 15.2 Å². The van der Waals surface area contributed by atoms with Crippen LogP contribution >= 0.6 is 22.6 Å². The summed E-state index contributed by atoms with van der Waals surface area (Å²) in [7, 11) is 0. The number of carbonyl (C=O) groups is 1. The number of nitrogens with zero attached hydrogens (tertiary/aromatic N) is 2. The number of nitrogens with two attached hydrogens (primary N) is 2. The monoisotopic (exact) mass is 579 g/mol. The van der Waals surface area contributed by atoms with Crippen LogP contribution in [0.3, 0.4) is 0 Å². The molecule has 0 spiro atoms. The molecule has 2 aromatic carbocycles. The minimum Gasteiger partial charge on any atom is -0.382 e. The molecule has 5 N–H and O–H groups in total. The number of anilines is 1. The van der Waals surface area contributed by atoms with Crippen molar-refractivity contribution in [3.8, 4) is 11.3 Å². The Morgan fingerprint density at radius 2 is 1.97 bits per heavy atom. The van der Waals surface area contributed by atoms with Gasteiger partial charge in [-0.1, -0.05) is 6.07 Å². The zero-order valence-electron chi connectivity index (χ0n) is 18.2. The van der Waals surface area contributed by atoms with Gasteiger partial charge >= 0.3 is 0 Å². The summed E-state index contributed by atoms with van der Waals surface area (Å²) in [6.45, 7) is 1.34. The molecular formula is C24H24F2IN5O2. The van der Waals surface area contributed by atoms with E-state index in [1.165, 1.54) is 24.3 Å². The zero-order valence-corrected chi connectivity index (χ0v) is 20.4. The van der Waals surface area contributed by atoms with Gasteiger partial charge in [-0.2, -0.15) is 0 Å². The fraction of sp³-hybridized carbons (Fsp3) is 0.292. The van der Waals surface area contributed by atoms with Gasteiger partial charge in [-0.15, -0.1) is 0 Å². The molecule has 1 aliphatic heterocycles. The van der Waals surface area contributed by atoms with Gasteiger partial charge in [0.2, 0.25) is 0 Å². The predicted molar refractivity (Wildman–Crippen MR) is 133 cm³/mol. The van der Waals surface area contributed by atoms with Gasteiger partial charge in [0.1, 0.15) is 23.1 Å². The van der Waals surface area contributed by atoms with Gasteiger partial charge in [-0.3, -0.25) is 4.79 Å². The molecule has 0 aliphatic carbocycles. The van der Waals surface area contributed by atoms with Gasteiger partial charge in [-0.25, -0.2) is 18.7 Å². The van der Waals surface area contributed by atoms with Gasteiger partial charge in [0.05, 0.1) is 23.5 Å². The largest absolute Gasteiger partial charge is 0.382 e. The van der Waals surface area contributed by atoms with Crippen LogP contribution in [0.15, 0.2) is 42.6 Å². The molecule has 3 aromatic rings. The molecule has 0 saturated carbocycles. The topological polar surface area (TPSA) is 116 Å². The molecule has 1 aliphatic rings. The van der Waals surface area contributed by atoms with Gasteiger partial charge in [-0.05, 0) is 71.3 Å². The molecule has 0 radical (unpaired) electrons. The molecule has 7 nitrogen and oxygen atoms in total. The Kier molecular flexibility index (Phi) is 7.69. The minimum absolute atomic E-state index is 0.0239. The average Bonchev–Trinajstić information content (AvgIpc) is 2.82. The highest BCUT2D eigenvalue weighted by Crippen LogP contribution is 2.30. The SMILES string of the molecule is NC[C@@H](NC(=O)c1ccc(-c2nc(C3CCOCC3)cnc2N)cc1F)c1cc(F)cc(I)c1. The van der Waals surface area contributed by atoms with Gasteiger partial charge in [0.15, 0.2) is 0 Å².